The number of fused-ring (bicyclic) bond motifs is 3. The van der Waals surface area contributed by atoms with E-state index in [-0.39, 0.29) is 0 Å². The molecule has 0 bridgehead atoms. The molecule has 0 unspecified atom stereocenters. The molecule has 0 fully saturated rings. The Hall–Kier alpha value is -0.910. The van der Waals surface area contributed by atoms with E-state index in [2.05, 4.69) is 27.5 Å². The molecule has 0 amide bonds. The molecule has 102 valence electrons. The summed E-state index contributed by atoms with van der Waals surface area (Å²) in [5, 5.41) is 4.65. The minimum absolute atomic E-state index is 1.01. The summed E-state index contributed by atoms with van der Waals surface area (Å²) in [4.78, 5) is 13.2. The second kappa shape index (κ2) is 5.47. The van der Waals surface area contributed by atoms with Crippen molar-refractivity contribution >= 4 is 44.7 Å². The lowest BCUT2D eigenvalue weighted by molar-refractivity contribution is 0.699. The maximum atomic E-state index is 4.55. The highest BCUT2D eigenvalue weighted by Gasteiger charge is 2.19. The first-order valence-electron chi connectivity index (χ1n) is 6.82. The summed E-state index contributed by atoms with van der Waals surface area (Å²) >= 11 is 5.54. The third-order valence-corrected chi connectivity index (χ3v) is 6.95. The quantitative estimate of drug-likeness (QED) is 0.506. The predicted octanol–water partition coefficient (Wildman–Crippen LogP) is 4.92. The van der Waals surface area contributed by atoms with Crippen LogP contribution in [0.2, 0.25) is 0 Å². The van der Waals surface area contributed by atoms with Gasteiger partial charge in [0.1, 0.15) is 16.2 Å². The zero-order valence-electron chi connectivity index (χ0n) is 11.0. The van der Waals surface area contributed by atoms with Gasteiger partial charge in [-0.2, -0.15) is 0 Å². The molecular weight excluding hydrogens is 304 g/mol. The summed E-state index contributed by atoms with van der Waals surface area (Å²) in [7, 11) is 0. The first-order chi connectivity index (χ1) is 9.92. The van der Waals surface area contributed by atoms with Crippen LogP contribution in [-0.2, 0) is 18.6 Å². The Balaban J connectivity index is 1.73. The van der Waals surface area contributed by atoms with E-state index in [0.717, 1.165) is 5.75 Å². The van der Waals surface area contributed by atoms with Crippen LogP contribution in [0.3, 0.4) is 0 Å². The lowest BCUT2D eigenvalue weighted by atomic mass is 9.97. The molecule has 0 spiro atoms. The average molecular weight is 318 g/mol. The van der Waals surface area contributed by atoms with Crippen LogP contribution in [0.15, 0.2) is 28.9 Å². The highest BCUT2D eigenvalue weighted by molar-refractivity contribution is 7.98. The minimum atomic E-state index is 1.01. The van der Waals surface area contributed by atoms with E-state index in [4.69, 9.17) is 0 Å². The van der Waals surface area contributed by atoms with Gasteiger partial charge in [-0.15, -0.1) is 34.4 Å². The Bertz CT molecular complexity index is 731. The molecule has 0 aromatic carbocycles. The van der Waals surface area contributed by atoms with E-state index in [1.54, 1.807) is 11.2 Å². The van der Waals surface area contributed by atoms with Crippen molar-refractivity contribution in [1.82, 2.24) is 9.97 Å². The number of aromatic nitrogens is 2. The standard InChI is InChI=1S/C15H14N2S3/c1-2-6-12-11(5-1)13-14(16-9-17-15(13)20-12)19-8-10-4-3-7-18-10/h3-4,7,9H,1-2,5-6,8H2. The fourth-order valence-electron chi connectivity index (χ4n) is 2.70. The molecule has 20 heavy (non-hydrogen) atoms. The fourth-order valence-corrected chi connectivity index (χ4v) is 5.80. The summed E-state index contributed by atoms with van der Waals surface area (Å²) in [6, 6.07) is 4.31. The average Bonchev–Trinajstić information content (AvgIpc) is 3.12. The molecule has 5 heteroatoms. The SMILES string of the molecule is c1csc(CSc2ncnc3sc4c(c23)CCCC4)c1. The first kappa shape index (κ1) is 12.8. The van der Waals surface area contributed by atoms with Crippen LogP contribution in [0.25, 0.3) is 10.2 Å². The molecule has 4 rings (SSSR count). The summed E-state index contributed by atoms with van der Waals surface area (Å²) in [5.74, 6) is 1.01. The predicted molar refractivity (Wildman–Crippen MR) is 87.9 cm³/mol. The number of hydrogen-bond donors (Lipinski definition) is 0. The number of rotatable bonds is 3. The Morgan fingerprint density at radius 2 is 2.15 bits per heavy atom. The normalized spacial score (nSPS) is 14.6. The van der Waals surface area contributed by atoms with E-state index < -0.39 is 0 Å². The Labute approximate surface area is 130 Å². The number of thioether (sulfide) groups is 1. The molecule has 0 radical (unpaired) electrons. The lowest BCUT2D eigenvalue weighted by Crippen LogP contribution is -1.98. The molecule has 0 atom stereocenters. The zero-order valence-corrected chi connectivity index (χ0v) is 13.4. The van der Waals surface area contributed by atoms with Gasteiger partial charge in [0.25, 0.3) is 0 Å². The third-order valence-electron chi connectivity index (χ3n) is 3.65. The van der Waals surface area contributed by atoms with Crippen molar-refractivity contribution in [2.45, 2.75) is 36.5 Å². The van der Waals surface area contributed by atoms with E-state index >= 15 is 0 Å². The van der Waals surface area contributed by atoms with Crippen molar-refractivity contribution in [3.63, 3.8) is 0 Å². The van der Waals surface area contributed by atoms with Crippen LogP contribution in [0, 0.1) is 0 Å². The molecule has 1 aliphatic carbocycles. The molecule has 3 aromatic heterocycles. The third kappa shape index (κ3) is 2.28. The van der Waals surface area contributed by atoms with Crippen LogP contribution in [0.5, 0.6) is 0 Å². The van der Waals surface area contributed by atoms with Crippen LogP contribution in [0.1, 0.15) is 28.2 Å². The van der Waals surface area contributed by atoms with Crippen LogP contribution < -0.4 is 0 Å². The summed E-state index contributed by atoms with van der Waals surface area (Å²) in [6.45, 7) is 0. The number of thiophene rings is 2. The molecule has 3 heterocycles. The van der Waals surface area contributed by atoms with Crippen molar-refractivity contribution in [2.75, 3.05) is 0 Å². The Kier molecular flexibility index (Phi) is 3.50. The lowest BCUT2D eigenvalue weighted by Gasteiger charge is -2.11. The Morgan fingerprint density at radius 3 is 3.05 bits per heavy atom. The van der Waals surface area contributed by atoms with E-state index in [1.807, 2.05) is 34.4 Å². The van der Waals surface area contributed by atoms with Crippen LogP contribution >= 0.6 is 34.4 Å². The largest absolute Gasteiger partial charge is 0.229 e. The van der Waals surface area contributed by atoms with Crippen LogP contribution in [-0.4, -0.2) is 9.97 Å². The van der Waals surface area contributed by atoms with Gasteiger partial charge < -0.3 is 0 Å². The molecule has 3 aromatic rings. The van der Waals surface area contributed by atoms with Gasteiger partial charge in [-0.25, -0.2) is 9.97 Å². The van der Waals surface area contributed by atoms with Gasteiger partial charge in [0.15, 0.2) is 0 Å². The van der Waals surface area contributed by atoms with Gasteiger partial charge in [0.2, 0.25) is 0 Å². The van der Waals surface area contributed by atoms with Gasteiger partial charge in [0.05, 0.1) is 0 Å². The number of hydrogen-bond acceptors (Lipinski definition) is 5. The van der Waals surface area contributed by atoms with E-state index in [0.29, 0.717) is 0 Å². The van der Waals surface area contributed by atoms with Crippen LogP contribution in [0.4, 0.5) is 0 Å². The van der Waals surface area contributed by atoms with E-state index in [1.165, 1.54) is 51.4 Å². The van der Waals surface area contributed by atoms with Gasteiger partial charge in [-0.3, -0.25) is 0 Å². The maximum Gasteiger partial charge on any atom is 0.128 e. The second-order valence-corrected chi connectivity index (χ2v) is 8.02. The summed E-state index contributed by atoms with van der Waals surface area (Å²) in [6.07, 6.45) is 6.79. The fraction of sp³-hybridized carbons (Fsp3) is 0.333. The molecule has 2 nitrogen and oxygen atoms in total. The molecule has 0 aliphatic heterocycles. The van der Waals surface area contributed by atoms with Crippen molar-refractivity contribution in [2.24, 2.45) is 0 Å². The van der Waals surface area contributed by atoms with Crippen molar-refractivity contribution in [3.05, 3.63) is 39.2 Å². The van der Waals surface area contributed by atoms with Crippen molar-refractivity contribution < 1.29 is 0 Å². The van der Waals surface area contributed by atoms with Gasteiger partial charge >= 0.3 is 0 Å². The van der Waals surface area contributed by atoms with Crippen molar-refractivity contribution in [1.29, 1.82) is 0 Å². The molecule has 0 saturated heterocycles. The van der Waals surface area contributed by atoms with E-state index in [9.17, 15) is 0 Å². The van der Waals surface area contributed by atoms with Gasteiger partial charge in [0, 0.05) is 20.9 Å². The zero-order chi connectivity index (χ0) is 13.4. The minimum Gasteiger partial charge on any atom is -0.229 e. The maximum absolute atomic E-state index is 4.55. The monoisotopic (exact) mass is 318 g/mol. The summed E-state index contributed by atoms with van der Waals surface area (Å²) in [5.41, 5.74) is 1.53. The molecule has 1 aliphatic rings. The highest BCUT2D eigenvalue weighted by atomic mass is 32.2. The smallest absolute Gasteiger partial charge is 0.128 e. The molecular formula is C15H14N2S3. The first-order valence-corrected chi connectivity index (χ1v) is 9.50. The molecule has 0 saturated carbocycles. The topological polar surface area (TPSA) is 25.8 Å². The highest BCUT2D eigenvalue weighted by Crippen LogP contribution is 2.39. The van der Waals surface area contributed by atoms with Gasteiger partial charge in [-0.1, -0.05) is 6.07 Å². The van der Waals surface area contributed by atoms with Crippen molar-refractivity contribution in [3.8, 4) is 0 Å². The van der Waals surface area contributed by atoms with Gasteiger partial charge in [-0.05, 0) is 42.7 Å². The number of aryl methyl sites for hydroxylation is 2. The number of nitrogens with zero attached hydrogens (tertiary/aromatic N) is 2. The molecule has 0 N–H and O–H groups in total. The second-order valence-electron chi connectivity index (χ2n) is 4.94. The summed E-state index contributed by atoms with van der Waals surface area (Å²) < 4.78 is 0. The Morgan fingerprint density at radius 1 is 1.20 bits per heavy atom.